The van der Waals surface area contributed by atoms with Crippen LogP contribution in [0.5, 0.6) is 0 Å². The van der Waals surface area contributed by atoms with Crippen molar-refractivity contribution in [1.29, 1.82) is 0 Å². The number of carboxylic acid groups (broad SMARTS) is 1. The lowest BCUT2D eigenvalue weighted by Crippen LogP contribution is -2.06. The molecular formula is C9H8F3O6P. The zero-order valence-electron chi connectivity index (χ0n) is 9.09. The molecule has 19 heavy (non-hydrogen) atoms. The Morgan fingerprint density at radius 1 is 1.42 bits per heavy atom. The van der Waals surface area contributed by atoms with E-state index in [1.165, 1.54) is 0 Å². The van der Waals surface area contributed by atoms with Crippen molar-refractivity contribution in [3.05, 3.63) is 29.7 Å². The Hall–Kier alpha value is -1.57. The van der Waals surface area contributed by atoms with Gasteiger partial charge in [0.2, 0.25) is 0 Å². The molecule has 0 amide bonds. The highest BCUT2D eigenvalue weighted by Gasteiger charge is 2.39. The first-order chi connectivity index (χ1) is 8.53. The first kappa shape index (κ1) is 15.5. The monoisotopic (exact) mass is 300 g/mol. The molecule has 0 radical (unpaired) electrons. The molecular weight excluding hydrogens is 292 g/mol. The van der Waals surface area contributed by atoms with Crippen LogP contribution >= 0.6 is 7.60 Å². The Bertz CT molecular complexity index is 553. The van der Waals surface area contributed by atoms with Crippen molar-refractivity contribution in [1.82, 2.24) is 0 Å². The number of alkyl halides is 3. The number of furan rings is 1. The quantitative estimate of drug-likeness (QED) is 0.736. The number of aliphatic carboxylic acids is 1. The molecule has 1 rings (SSSR count). The zero-order valence-corrected chi connectivity index (χ0v) is 9.98. The van der Waals surface area contributed by atoms with Crippen LogP contribution in [0.1, 0.15) is 17.7 Å². The fourth-order valence-electron chi connectivity index (χ4n) is 1.26. The summed E-state index contributed by atoms with van der Waals surface area (Å²) < 4.78 is 53.3. The molecule has 3 N–H and O–H groups in total. The maximum absolute atomic E-state index is 12.6. The molecule has 106 valence electrons. The second kappa shape index (κ2) is 5.20. The van der Waals surface area contributed by atoms with E-state index in [1.807, 2.05) is 0 Å². The summed E-state index contributed by atoms with van der Waals surface area (Å²) in [4.78, 5) is 28.3. The van der Waals surface area contributed by atoms with Gasteiger partial charge in [-0.05, 0) is 6.07 Å². The maximum Gasteiger partial charge on any atom is 0.420 e. The van der Waals surface area contributed by atoms with Gasteiger partial charge in [-0.3, -0.25) is 9.36 Å². The van der Waals surface area contributed by atoms with Crippen molar-refractivity contribution < 1.29 is 41.8 Å². The molecule has 0 saturated heterocycles. The largest absolute Gasteiger partial charge is 0.481 e. The summed E-state index contributed by atoms with van der Waals surface area (Å²) in [6.45, 7) is 0. The van der Waals surface area contributed by atoms with E-state index in [0.717, 1.165) is 0 Å². The minimum atomic E-state index is -5.11. The van der Waals surface area contributed by atoms with Crippen LogP contribution in [0.2, 0.25) is 0 Å². The van der Waals surface area contributed by atoms with Crippen LogP contribution in [0, 0.1) is 0 Å². The van der Waals surface area contributed by atoms with E-state index in [0.29, 0.717) is 18.4 Å². The second-order valence-corrected chi connectivity index (χ2v) is 4.96. The van der Waals surface area contributed by atoms with E-state index in [4.69, 9.17) is 14.9 Å². The van der Waals surface area contributed by atoms with Crippen molar-refractivity contribution >= 4 is 18.9 Å². The van der Waals surface area contributed by atoms with Crippen LogP contribution in [0.3, 0.4) is 0 Å². The third kappa shape index (κ3) is 3.95. The van der Waals surface area contributed by atoms with Crippen molar-refractivity contribution in [2.45, 2.75) is 12.6 Å². The van der Waals surface area contributed by atoms with Gasteiger partial charge < -0.3 is 19.3 Å². The molecule has 1 heterocycles. The second-order valence-electron chi connectivity index (χ2n) is 3.39. The minimum Gasteiger partial charge on any atom is -0.481 e. The highest BCUT2D eigenvalue weighted by Crippen LogP contribution is 2.53. The van der Waals surface area contributed by atoms with Crippen LogP contribution in [0.25, 0.3) is 5.31 Å². The lowest BCUT2D eigenvalue weighted by molar-refractivity contribution is -0.138. The smallest absolute Gasteiger partial charge is 0.420 e. The Morgan fingerprint density at radius 2 is 2.00 bits per heavy atom. The van der Waals surface area contributed by atoms with Gasteiger partial charge in [-0.15, -0.1) is 0 Å². The summed E-state index contributed by atoms with van der Waals surface area (Å²) in [7, 11) is -5.11. The number of halogens is 3. The minimum absolute atomic E-state index is 0.497. The molecule has 1 aromatic rings. The van der Waals surface area contributed by atoms with Gasteiger partial charge in [0.05, 0.1) is 12.7 Å². The molecule has 0 unspecified atom stereocenters. The van der Waals surface area contributed by atoms with Crippen molar-refractivity contribution in [2.24, 2.45) is 0 Å². The molecule has 0 aliphatic rings. The van der Waals surface area contributed by atoms with Crippen LogP contribution < -0.4 is 0 Å². The summed E-state index contributed by atoms with van der Waals surface area (Å²) in [5.41, 5.74) is -1.38. The van der Waals surface area contributed by atoms with Crippen molar-refractivity contribution in [3.8, 4) is 0 Å². The number of hydrogen-bond donors (Lipinski definition) is 3. The normalized spacial score (nSPS) is 13.6. The van der Waals surface area contributed by atoms with Gasteiger partial charge in [0, 0.05) is 0 Å². The van der Waals surface area contributed by atoms with Gasteiger partial charge in [-0.2, -0.15) is 13.2 Å². The summed E-state index contributed by atoms with van der Waals surface area (Å²) in [6.07, 6.45) is -4.61. The molecule has 0 bridgehead atoms. The van der Waals surface area contributed by atoms with Crippen molar-refractivity contribution in [3.63, 3.8) is 0 Å². The Balaban J connectivity index is 3.36. The number of carboxylic acids is 1. The molecule has 1 aromatic heterocycles. The molecule has 6 nitrogen and oxygen atoms in total. The molecule has 0 atom stereocenters. The molecule has 0 aliphatic heterocycles. The maximum atomic E-state index is 12.6. The fourth-order valence-corrected chi connectivity index (χ4v) is 2.03. The highest BCUT2D eigenvalue weighted by atomic mass is 31.2. The van der Waals surface area contributed by atoms with E-state index in [2.05, 4.69) is 4.42 Å². The predicted molar refractivity (Wildman–Crippen MR) is 56.0 cm³/mol. The van der Waals surface area contributed by atoms with E-state index < -0.39 is 42.8 Å². The zero-order chi connectivity index (χ0) is 14.8. The summed E-state index contributed by atoms with van der Waals surface area (Å²) in [5.74, 6) is -2.53. The average Bonchev–Trinajstić information content (AvgIpc) is 2.63. The number of hydrogen-bond acceptors (Lipinski definition) is 3. The summed E-state index contributed by atoms with van der Waals surface area (Å²) in [6, 6.07) is 0.500. The molecule has 0 aliphatic carbocycles. The van der Waals surface area contributed by atoms with E-state index in [-0.39, 0.29) is 0 Å². The van der Waals surface area contributed by atoms with Gasteiger partial charge >= 0.3 is 19.7 Å². The number of rotatable bonds is 4. The Morgan fingerprint density at radius 3 is 2.42 bits per heavy atom. The van der Waals surface area contributed by atoms with Crippen LogP contribution in [-0.2, 0) is 15.5 Å². The van der Waals surface area contributed by atoms with Crippen molar-refractivity contribution in [2.75, 3.05) is 0 Å². The van der Waals surface area contributed by atoms with Crippen LogP contribution in [-0.4, -0.2) is 20.9 Å². The molecule has 0 saturated carbocycles. The predicted octanol–water partition coefficient (Wildman–Crippen LogP) is 2.29. The molecule has 10 heteroatoms. The third-order valence-electron chi connectivity index (χ3n) is 1.99. The topological polar surface area (TPSA) is 108 Å². The Kier molecular flexibility index (Phi) is 4.24. The van der Waals surface area contributed by atoms with Gasteiger partial charge in [-0.25, -0.2) is 0 Å². The lowest BCUT2D eigenvalue weighted by atomic mass is 10.2. The van der Waals surface area contributed by atoms with Crippen LogP contribution in [0.15, 0.2) is 22.8 Å². The van der Waals surface area contributed by atoms with E-state index in [1.54, 1.807) is 0 Å². The summed E-state index contributed by atoms with van der Waals surface area (Å²) in [5, 5.41) is 7.30. The molecule has 0 aromatic carbocycles. The van der Waals surface area contributed by atoms with Crippen LogP contribution in [0.4, 0.5) is 13.2 Å². The Labute approximate surface area is 104 Å². The molecule has 0 fully saturated rings. The van der Waals surface area contributed by atoms with Gasteiger partial charge in [0.1, 0.15) is 10.9 Å². The summed E-state index contributed by atoms with van der Waals surface area (Å²) >= 11 is 0. The van der Waals surface area contributed by atoms with Gasteiger partial charge in [-0.1, -0.05) is 6.08 Å². The number of carbonyl (C=O) groups is 1. The third-order valence-corrected chi connectivity index (χ3v) is 3.00. The molecule has 0 spiro atoms. The van der Waals surface area contributed by atoms with E-state index >= 15 is 0 Å². The van der Waals surface area contributed by atoms with Gasteiger partial charge in [0.25, 0.3) is 0 Å². The first-order valence-electron chi connectivity index (χ1n) is 4.66. The van der Waals surface area contributed by atoms with Gasteiger partial charge in [0.15, 0.2) is 5.76 Å². The fraction of sp³-hybridized carbons (Fsp3) is 0.222. The highest BCUT2D eigenvalue weighted by molar-refractivity contribution is 7.63. The average molecular weight is 300 g/mol. The van der Waals surface area contributed by atoms with E-state index in [9.17, 15) is 22.5 Å². The lowest BCUT2D eigenvalue weighted by Gasteiger charge is -2.11. The first-order valence-corrected chi connectivity index (χ1v) is 6.28. The standard InChI is InChI=1S/C9H8F3O6P/c10-9(11,12)5-3-4-18-8(5)6(19(15,16)17)1-2-7(13)14/h1,3-4H,2H2,(H,13,14)(H2,15,16,17)/b6-1-. The SMILES string of the molecule is O=C(O)C/C=C(/c1occc1C(F)(F)F)P(=O)(O)O.